The van der Waals surface area contributed by atoms with Gasteiger partial charge in [0.1, 0.15) is 18.8 Å². The minimum atomic E-state index is -0.259. The molecular weight excluding hydrogens is 299 g/mol. The van der Waals surface area contributed by atoms with Gasteiger partial charge in [-0.15, -0.1) is 0 Å². The van der Waals surface area contributed by atoms with Crippen molar-refractivity contribution in [1.29, 1.82) is 0 Å². The van der Waals surface area contributed by atoms with E-state index in [-0.39, 0.29) is 5.82 Å². The number of benzene rings is 2. The van der Waals surface area contributed by atoms with Gasteiger partial charge in [0.15, 0.2) is 0 Å². The summed E-state index contributed by atoms with van der Waals surface area (Å²) in [6.45, 7) is 2.46. The highest BCUT2D eigenvalue weighted by Crippen LogP contribution is 2.11. The van der Waals surface area contributed by atoms with Gasteiger partial charge in [-0.2, -0.15) is 5.10 Å². The van der Waals surface area contributed by atoms with Crippen LogP contribution < -0.4 is 5.32 Å². The number of halogens is 1. The van der Waals surface area contributed by atoms with E-state index in [0.29, 0.717) is 11.4 Å². The van der Waals surface area contributed by atoms with Crippen molar-refractivity contribution in [2.24, 2.45) is 0 Å². The van der Waals surface area contributed by atoms with E-state index >= 15 is 0 Å². The predicted octanol–water partition coefficient (Wildman–Crippen LogP) is 3.92. The zero-order valence-corrected chi connectivity index (χ0v) is 12.8. The molecule has 1 heterocycles. The van der Waals surface area contributed by atoms with Gasteiger partial charge < -0.3 is 5.32 Å². The second kappa shape index (κ2) is 6.11. The first kappa shape index (κ1) is 14.5. The molecule has 112 valence electrons. The molecule has 0 bridgehead atoms. The van der Waals surface area contributed by atoms with Gasteiger partial charge in [-0.25, -0.2) is 9.07 Å². The molecule has 22 heavy (non-hydrogen) atoms. The molecule has 2 aromatic carbocycles. The second-order valence-corrected chi connectivity index (χ2v) is 5.33. The third-order valence-electron chi connectivity index (χ3n) is 3.32. The second-order valence-electron chi connectivity index (χ2n) is 4.96. The summed E-state index contributed by atoms with van der Waals surface area (Å²) in [5.74, 6) is -0.259. The van der Waals surface area contributed by atoms with Crippen LogP contribution in [0.2, 0.25) is 0 Å². The fourth-order valence-corrected chi connectivity index (χ4v) is 2.33. The molecule has 0 radical (unpaired) electrons. The van der Waals surface area contributed by atoms with E-state index < -0.39 is 0 Å². The standard InChI is InChI=1S/C16H15FN4S/c1-12-2-8-15(9-3-12)20-11-19-21(16(20)22)10-18-14-6-4-13(17)5-7-14/h2-9,11,18H,10H2,1H3. The fraction of sp³-hybridized carbons (Fsp3) is 0.125. The Morgan fingerprint density at radius 3 is 2.45 bits per heavy atom. The Kier molecular flexibility index (Phi) is 4.02. The number of hydrogen-bond donors (Lipinski definition) is 1. The van der Waals surface area contributed by atoms with Gasteiger partial charge in [-0.05, 0) is 55.5 Å². The van der Waals surface area contributed by atoms with Gasteiger partial charge >= 0.3 is 0 Å². The normalized spacial score (nSPS) is 10.6. The van der Waals surface area contributed by atoms with E-state index in [9.17, 15) is 4.39 Å². The highest BCUT2D eigenvalue weighted by atomic mass is 32.1. The van der Waals surface area contributed by atoms with Crippen molar-refractivity contribution in [2.45, 2.75) is 13.6 Å². The monoisotopic (exact) mass is 314 g/mol. The first-order chi connectivity index (χ1) is 10.6. The number of nitrogens with one attached hydrogen (secondary N) is 1. The molecular formula is C16H15FN4S. The number of nitrogens with zero attached hydrogens (tertiary/aromatic N) is 3. The van der Waals surface area contributed by atoms with Gasteiger partial charge in [0.25, 0.3) is 0 Å². The summed E-state index contributed by atoms with van der Waals surface area (Å²) in [6, 6.07) is 14.2. The van der Waals surface area contributed by atoms with Crippen LogP contribution >= 0.6 is 12.2 Å². The molecule has 0 saturated heterocycles. The molecule has 0 aliphatic carbocycles. The summed E-state index contributed by atoms with van der Waals surface area (Å²) in [5, 5.41) is 7.44. The number of rotatable bonds is 4. The quantitative estimate of drug-likeness (QED) is 0.741. The van der Waals surface area contributed by atoms with Gasteiger partial charge in [0, 0.05) is 11.4 Å². The van der Waals surface area contributed by atoms with Gasteiger partial charge in [-0.3, -0.25) is 4.57 Å². The Morgan fingerprint density at radius 2 is 1.77 bits per heavy atom. The van der Waals surface area contributed by atoms with Crippen molar-refractivity contribution in [3.05, 3.63) is 71.0 Å². The van der Waals surface area contributed by atoms with E-state index in [2.05, 4.69) is 10.4 Å². The van der Waals surface area contributed by atoms with Crippen LogP contribution in [0.1, 0.15) is 5.56 Å². The zero-order valence-electron chi connectivity index (χ0n) is 12.0. The molecule has 1 N–H and O–H groups in total. The SMILES string of the molecule is Cc1ccc(-n2cnn(CNc3ccc(F)cc3)c2=S)cc1. The van der Waals surface area contributed by atoms with Crippen LogP contribution in [0.15, 0.2) is 54.9 Å². The predicted molar refractivity (Wildman–Crippen MR) is 87.1 cm³/mol. The molecule has 0 saturated carbocycles. The number of anilines is 1. The topological polar surface area (TPSA) is 34.8 Å². The summed E-state index contributed by atoms with van der Waals surface area (Å²) in [6.07, 6.45) is 1.69. The molecule has 0 spiro atoms. The highest BCUT2D eigenvalue weighted by Gasteiger charge is 2.03. The molecule has 1 aromatic heterocycles. The number of aromatic nitrogens is 3. The molecule has 3 rings (SSSR count). The van der Waals surface area contributed by atoms with Gasteiger partial charge in [-0.1, -0.05) is 17.7 Å². The smallest absolute Gasteiger partial charge is 0.204 e. The number of hydrogen-bond acceptors (Lipinski definition) is 3. The van der Waals surface area contributed by atoms with Gasteiger partial charge in [0.2, 0.25) is 4.77 Å². The van der Waals surface area contributed by atoms with Crippen molar-refractivity contribution in [3.63, 3.8) is 0 Å². The molecule has 3 aromatic rings. The Bertz CT molecular complexity index is 819. The maximum absolute atomic E-state index is 12.9. The first-order valence-corrected chi connectivity index (χ1v) is 7.25. The van der Waals surface area contributed by atoms with Crippen LogP contribution in [0, 0.1) is 17.5 Å². The molecule has 4 nitrogen and oxygen atoms in total. The molecule has 0 aliphatic rings. The lowest BCUT2D eigenvalue weighted by molar-refractivity contribution is 0.627. The fourth-order valence-electron chi connectivity index (χ4n) is 2.06. The summed E-state index contributed by atoms with van der Waals surface area (Å²) >= 11 is 5.44. The molecule has 0 amide bonds. The van der Waals surface area contributed by atoms with E-state index in [1.54, 1.807) is 23.1 Å². The van der Waals surface area contributed by atoms with Crippen LogP contribution in [0.3, 0.4) is 0 Å². The van der Waals surface area contributed by atoms with Crippen molar-refractivity contribution in [2.75, 3.05) is 5.32 Å². The summed E-state index contributed by atoms with van der Waals surface area (Å²) in [7, 11) is 0. The maximum atomic E-state index is 12.9. The van der Waals surface area contributed by atoms with Crippen molar-refractivity contribution < 1.29 is 4.39 Å². The van der Waals surface area contributed by atoms with Crippen molar-refractivity contribution in [1.82, 2.24) is 14.3 Å². The van der Waals surface area contributed by atoms with Crippen LogP contribution in [-0.4, -0.2) is 14.3 Å². The highest BCUT2D eigenvalue weighted by molar-refractivity contribution is 7.71. The Balaban J connectivity index is 1.77. The third-order valence-corrected chi connectivity index (χ3v) is 3.73. The zero-order chi connectivity index (χ0) is 15.5. The van der Waals surface area contributed by atoms with E-state index in [4.69, 9.17) is 12.2 Å². The lowest BCUT2D eigenvalue weighted by Gasteiger charge is -2.06. The van der Waals surface area contributed by atoms with Crippen LogP contribution in [0.4, 0.5) is 10.1 Å². The molecule has 0 aliphatic heterocycles. The average Bonchev–Trinajstić information content (AvgIpc) is 2.89. The lowest BCUT2D eigenvalue weighted by atomic mass is 10.2. The molecule has 0 unspecified atom stereocenters. The lowest BCUT2D eigenvalue weighted by Crippen LogP contribution is -2.10. The summed E-state index contributed by atoms with van der Waals surface area (Å²) < 4.78 is 17.0. The maximum Gasteiger partial charge on any atom is 0.204 e. The first-order valence-electron chi connectivity index (χ1n) is 6.84. The minimum absolute atomic E-state index is 0.259. The third kappa shape index (κ3) is 3.07. The Hall–Kier alpha value is -2.47. The molecule has 6 heteroatoms. The Morgan fingerprint density at radius 1 is 1.09 bits per heavy atom. The van der Waals surface area contributed by atoms with Crippen LogP contribution in [-0.2, 0) is 6.67 Å². The van der Waals surface area contributed by atoms with E-state index in [1.165, 1.54) is 17.7 Å². The van der Waals surface area contributed by atoms with Crippen LogP contribution in [0.25, 0.3) is 5.69 Å². The number of aryl methyl sites for hydroxylation is 1. The van der Waals surface area contributed by atoms with Crippen LogP contribution in [0.5, 0.6) is 0 Å². The summed E-state index contributed by atoms with van der Waals surface area (Å²) in [5.41, 5.74) is 2.98. The largest absolute Gasteiger partial charge is 0.366 e. The summed E-state index contributed by atoms with van der Waals surface area (Å²) in [4.78, 5) is 0. The molecule has 0 atom stereocenters. The van der Waals surface area contributed by atoms with E-state index in [1.807, 2.05) is 35.8 Å². The van der Waals surface area contributed by atoms with Gasteiger partial charge in [0.05, 0.1) is 0 Å². The minimum Gasteiger partial charge on any atom is -0.366 e. The van der Waals surface area contributed by atoms with Crippen molar-refractivity contribution in [3.8, 4) is 5.69 Å². The average molecular weight is 314 g/mol. The van der Waals surface area contributed by atoms with Crippen molar-refractivity contribution >= 4 is 17.9 Å². The molecule has 0 fully saturated rings. The Labute approximate surface area is 132 Å². The van der Waals surface area contributed by atoms with E-state index in [0.717, 1.165) is 11.4 Å².